The second-order valence-corrected chi connectivity index (χ2v) is 7.05. The molecule has 0 amide bonds. The van der Waals surface area contributed by atoms with Gasteiger partial charge in [0.05, 0.1) is 0 Å². The lowest BCUT2D eigenvalue weighted by Gasteiger charge is -2.12. The summed E-state index contributed by atoms with van der Waals surface area (Å²) in [5.74, 6) is 0.508. The molecule has 7 heteroatoms. The maximum absolute atomic E-state index is 11.5. The fourth-order valence-corrected chi connectivity index (χ4v) is 3.26. The van der Waals surface area contributed by atoms with Gasteiger partial charge in [-0.2, -0.15) is 0 Å². The maximum atomic E-state index is 11.5. The summed E-state index contributed by atoms with van der Waals surface area (Å²) in [5, 5.41) is 18.3. The number of rotatable bonds is 6. The number of hydrogen-bond acceptors (Lipinski definition) is 6. The van der Waals surface area contributed by atoms with Gasteiger partial charge < -0.3 is 14.6 Å². The highest BCUT2D eigenvalue weighted by Crippen LogP contribution is 2.29. The summed E-state index contributed by atoms with van der Waals surface area (Å²) < 4.78 is 1.95. The quantitative estimate of drug-likeness (QED) is 0.675. The van der Waals surface area contributed by atoms with Crippen LogP contribution in [0.5, 0.6) is 0 Å². The second kappa shape index (κ2) is 7.72. The lowest BCUT2D eigenvalue weighted by Crippen LogP contribution is -2.08. The van der Waals surface area contributed by atoms with Crippen LogP contribution >= 0.6 is 11.8 Å². The summed E-state index contributed by atoms with van der Waals surface area (Å²) >= 11 is 1.47. The van der Waals surface area contributed by atoms with Gasteiger partial charge in [-0.25, -0.2) is 0 Å². The zero-order valence-electron chi connectivity index (χ0n) is 14.9. The van der Waals surface area contributed by atoms with Crippen LogP contribution < -0.4 is 4.90 Å². The Balaban J connectivity index is 1.79. The predicted molar refractivity (Wildman–Crippen MR) is 103 cm³/mol. The van der Waals surface area contributed by atoms with E-state index >= 15 is 0 Å². The standard InChI is InChI=1S/C19H20N4O2S/c1-22(2)15-8-4-14(5-9-15)18-20-21-19(23(18)3)26-16-10-6-13(7-11-16)17(25)12-24/h4-11,24H,12H2,1-3H3. The van der Waals surface area contributed by atoms with Crippen molar-refractivity contribution in [3.63, 3.8) is 0 Å². The minimum absolute atomic E-state index is 0.288. The predicted octanol–water partition coefficient (Wildman–Crippen LogP) is 2.87. The minimum Gasteiger partial charge on any atom is -0.388 e. The number of Topliss-reactive ketones (excluding diaryl/α,β-unsaturated/α-hetero) is 1. The van der Waals surface area contributed by atoms with E-state index in [1.54, 1.807) is 12.1 Å². The van der Waals surface area contributed by atoms with Crippen LogP contribution in [0.4, 0.5) is 5.69 Å². The fraction of sp³-hybridized carbons (Fsp3) is 0.211. The van der Waals surface area contributed by atoms with E-state index in [0.717, 1.165) is 27.1 Å². The molecule has 3 aromatic rings. The van der Waals surface area contributed by atoms with Crippen molar-refractivity contribution in [2.24, 2.45) is 7.05 Å². The highest BCUT2D eigenvalue weighted by atomic mass is 32.2. The third-order valence-corrected chi connectivity index (χ3v) is 5.05. The summed E-state index contributed by atoms with van der Waals surface area (Å²) in [5.41, 5.74) is 2.63. The van der Waals surface area contributed by atoms with E-state index in [1.165, 1.54) is 11.8 Å². The summed E-state index contributed by atoms with van der Waals surface area (Å²) in [6, 6.07) is 15.3. The van der Waals surface area contributed by atoms with Gasteiger partial charge in [-0.3, -0.25) is 4.79 Å². The average molecular weight is 368 g/mol. The lowest BCUT2D eigenvalue weighted by molar-refractivity contribution is 0.0903. The van der Waals surface area contributed by atoms with Gasteiger partial charge in [0.15, 0.2) is 16.8 Å². The molecular weight excluding hydrogens is 348 g/mol. The van der Waals surface area contributed by atoms with Crippen molar-refractivity contribution in [1.82, 2.24) is 14.8 Å². The van der Waals surface area contributed by atoms with Crippen molar-refractivity contribution >= 4 is 23.2 Å². The number of carbonyl (C=O) groups excluding carboxylic acids is 1. The Bertz CT molecular complexity index is 902. The summed E-state index contributed by atoms with van der Waals surface area (Å²) in [6.07, 6.45) is 0. The highest BCUT2D eigenvalue weighted by Gasteiger charge is 2.13. The molecule has 0 radical (unpaired) electrons. The smallest absolute Gasteiger partial charge is 0.196 e. The molecule has 0 bridgehead atoms. The number of aromatic nitrogens is 3. The van der Waals surface area contributed by atoms with Gasteiger partial charge in [-0.05, 0) is 48.2 Å². The SMILES string of the molecule is CN(C)c1ccc(-c2nnc(Sc3ccc(C(=O)CO)cc3)n2C)cc1. The van der Waals surface area contributed by atoms with E-state index < -0.39 is 6.61 Å². The summed E-state index contributed by atoms with van der Waals surface area (Å²) in [6.45, 7) is -0.480. The number of carbonyl (C=O) groups is 1. The zero-order chi connectivity index (χ0) is 18.7. The van der Waals surface area contributed by atoms with E-state index in [0.29, 0.717) is 5.56 Å². The van der Waals surface area contributed by atoms with Crippen molar-refractivity contribution in [1.29, 1.82) is 0 Å². The van der Waals surface area contributed by atoms with Crippen molar-refractivity contribution in [3.05, 3.63) is 54.1 Å². The molecule has 0 atom stereocenters. The fourth-order valence-electron chi connectivity index (χ4n) is 2.47. The maximum Gasteiger partial charge on any atom is 0.196 e. The van der Waals surface area contributed by atoms with Crippen LogP contribution in [-0.2, 0) is 7.05 Å². The molecule has 0 aliphatic carbocycles. The molecule has 0 unspecified atom stereocenters. The second-order valence-electron chi connectivity index (χ2n) is 6.01. The first-order valence-corrected chi connectivity index (χ1v) is 8.90. The Hall–Kier alpha value is -2.64. The first-order chi connectivity index (χ1) is 12.5. The van der Waals surface area contributed by atoms with Crippen molar-refractivity contribution < 1.29 is 9.90 Å². The molecule has 1 aromatic heterocycles. The Morgan fingerprint density at radius 1 is 1.08 bits per heavy atom. The van der Waals surface area contributed by atoms with Crippen LogP contribution in [0.2, 0.25) is 0 Å². The zero-order valence-corrected chi connectivity index (χ0v) is 15.7. The molecule has 0 spiro atoms. The average Bonchev–Trinajstić information content (AvgIpc) is 3.02. The molecular formula is C19H20N4O2S. The van der Waals surface area contributed by atoms with Crippen LogP contribution in [0.3, 0.4) is 0 Å². The van der Waals surface area contributed by atoms with Crippen LogP contribution in [0, 0.1) is 0 Å². The Kier molecular flexibility index (Phi) is 5.39. The molecule has 3 rings (SSSR count). The summed E-state index contributed by atoms with van der Waals surface area (Å²) in [4.78, 5) is 14.5. The number of hydrogen-bond donors (Lipinski definition) is 1. The number of aliphatic hydroxyl groups is 1. The van der Waals surface area contributed by atoms with Gasteiger partial charge in [-0.1, -0.05) is 12.1 Å². The number of aliphatic hydroxyl groups excluding tert-OH is 1. The highest BCUT2D eigenvalue weighted by molar-refractivity contribution is 7.99. The monoisotopic (exact) mass is 368 g/mol. The molecule has 0 aliphatic heterocycles. The van der Waals surface area contributed by atoms with Crippen molar-refractivity contribution in [2.45, 2.75) is 10.1 Å². The third-order valence-electron chi connectivity index (χ3n) is 4.01. The minimum atomic E-state index is -0.480. The van der Waals surface area contributed by atoms with Crippen LogP contribution in [0.25, 0.3) is 11.4 Å². The first kappa shape index (κ1) is 18.2. The Morgan fingerprint density at radius 3 is 2.31 bits per heavy atom. The number of ketones is 1. The van der Waals surface area contributed by atoms with Crippen LogP contribution in [0.15, 0.2) is 58.6 Å². The van der Waals surface area contributed by atoms with Gasteiger partial charge in [0, 0.05) is 42.9 Å². The van der Waals surface area contributed by atoms with Gasteiger partial charge in [0.25, 0.3) is 0 Å². The van der Waals surface area contributed by atoms with Crippen LogP contribution in [0.1, 0.15) is 10.4 Å². The molecule has 134 valence electrons. The summed E-state index contributed by atoms with van der Waals surface area (Å²) in [7, 11) is 5.94. The largest absolute Gasteiger partial charge is 0.388 e. The van der Waals surface area contributed by atoms with Crippen LogP contribution in [-0.4, -0.2) is 46.4 Å². The molecule has 1 heterocycles. The lowest BCUT2D eigenvalue weighted by atomic mass is 10.1. The number of nitrogens with zero attached hydrogens (tertiary/aromatic N) is 4. The normalized spacial score (nSPS) is 10.8. The van der Waals surface area contributed by atoms with E-state index in [4.69, 9.17) is 5.11 Å². The molecule has 1 N–H and O–H groups in total. The number of anilines is 1. The van der Waals surface area contributed by atoms with Crippen molar-refractivity contribution in [2.75, 3.05) is 25.6 Å². The number of benzene rings is 2. The van der Waals surface area contributed by atoms with E-state index in [1.807, 2.05) is 67.0 Å². The van der Waals surface area contributed by atoms with E-state index in [-0.39, 0.29) is 5.78 Å². The molecule has 0 fully saturated rings. The third kappa shape index (κ3) is 3.79. The first-order valence-electron chi connectivity index (χ1n) is 8.08. The van der Waals surface area contributed by atoms with Crippen molar-refractivity contribution in [3.8, 4) is 11.4 Å². The molecule has 0 saturated heterocycles. The Morgan fingerprint density at radius 2 is 1.73 bits per heavy atom. The van der Waals surface area contributed by atoms with Gasteiger partial charge >= 0.3 is 0 Å². The molecule has 6 nitrogen and oxygen atoms in total. The van der Waals surface area contributed by atoms with Gasteiger partial charge in [0.1, 0.15) is 6.61 Å². The molecule has 26 heavy (non-hydrogen) atoms. The Labute approximate surface area is 156 Å². The topological polar surface area (TPSA) is 71.2 Å². The van der Waals surface area contributed by atoms with E-state index in [9.17, 15) is 4.79 Å². The molecule has 0 aliphatic rings. The molecule has 2 aromatic carbocycles. The van der Waals surface area contributed by atoms with Gasteiger partial charge in [-0.15, -0.1) is 10.2 Å². The van der Waals surface area contributed by atoms with E-state index in [2.05, 4.69) is 10.2 Å². The molecule has 0 saturated carbocycles. The van der Waals surface area contributed by atoms with Gasteiger partial charge in [0.2, 0.25) is 0 Å².